The third kappa shape index (κ3) is 4.52. The molecule has 0 aliphatic carbocycles. The van der Waals surface area contributed by atoms with Crippen LogP contribution in [-0.2, 0) is 0 Å². The SMILES string of the molecule is Cc1cccc(C(=O)Nc2ccc(F)cc2NC(=O)c2cccc(C)n2)n1. The molecule has 136 valence electrons. The molecule has 3 rings (SSSR count). The lowest BCUT2D eigenvalue weighted by Gasteiger charge is -2.12. The van der Waals surface area contributed by atoms with Crippen LogP contribution in [0, 0.1) is 19.7 Å². The predicted molar refractivity (Wildman–Crippen MR) is 100 cm³/mol. The molecule has 2 heterocycles. The van der Waals surface area contributed by atoms with Crippen molar-refractivity contribution in [2.75, 3.05) is 10.6 Å². The standard InChI is InChI=1S/C20H17FN4O2/c1-12-5-3-7-16(22-12)19(26)24-15-10-9-14(21)11-18(15)25-20(27)17-8-4-6-13(2)23-17/h3-11H,1-2H3,(H,24,26)(H,25,27). The van der Waals surface area contributed by atoms with Gasteiger partial charge in [0, 0.05) is 11.4 Å². The Balaban J connectivity index is 1.85. The van der Waals surface area contributed by atoms with Gasteiger partial charge in [-0.2, -0.15) is 0 Å². The van der Waals surface area contributed by atoms with Gasteiger partial charge in [0.05, 0.1) is 11.4 Å². The monoisotopic (exact) mass is 364 g/mol. The smallest absolute Gasteiger partial charge is 0.274 e. The average molecular weight is 364 g/mol. The minimum absolute atomic E-state index is 0.129. The third-order valence-corrected chi connectivity index (χ3v) is 3.72. The van der Waals surface area contributed by atoms with Crippen molar-refractivity contribution < 1.29 is 14.0 Å². The second-order valence-electron chi connectivity index (χ2n) is 5.93. The lowest BCUT2D eigenvalue weighted by atomic mass is 10.2. The summed E-state index contributed by atoms with van der Waals surface area (Å²) in [6, 6.07) is 13.8. The highest BCUT2D eigenvalue weighted by atomic mass is 19.1. The first-order valence-electron chi connectivity index (χ1n) is 8.22. The van der Waals surface area contributed by atoms with E-state index in [-0.39, 0.29) is 22.8 Å². The molecule has 2 aromatic heterocycles. The molecular formula is C20H17FN4O2. The van der Waals surface area contributed by atoms with Crippen molar-refractivity contribution >= 4 is 23.2 Å². The first-order chi connectivity index (χ1) is 12.9. The maximum absolute atomic E-state index is 13.7. The van der Waals surface area contributed by atoms with Crippen LogP contribution in [0.25, 0.3) is 0 Å². The topological polar surface area (TPSA) is 84.0 Å². The van der Waals surface area contributed by atoms with Gasteiger partial charge < -0.3 is 10.6 Å². The molecule has 6 nitrogen and oxygen atoms in total. The zero-order chi connectivity index (χ0) is 19.4. The van der Waals surface area contributed by atoms with Crippen molar-refractivity contribution in [1.29, 1.82) is 0 Å². The van der Waals surface area contributed by atoms with E-state index in [1.807, 2.05) is 0 Å². The number of pyridine rings is 2. The van der Waals surface area contributed by atoms with Crippen LogP contribution < -0.4 is 10.6 Å². The van der Waals surface area contributed by atoms with E-state index in [1.165, 1.54) is 12.1 Å². The lowest BCUT2D eigenvalue weighted by Crippen LogP contribution is -2.18. The van der Waals surface area contributed by atoms with Gasteiger partial charge in [-0.15, -0.1) is 0 Å². The van der Waals surface area contributed by atoms with E-state index in [2.05, 4.69) is 20.6 Å². The van der Waals surface area contributed by atoms with Gasteiger partial charge in [0.2, 0.25) is 0 Å². The van der Waals surface area contributed by atoms with Crippen LogP contribution in [-0.4, -0.2) is 21.8 Å². The Morgan fingerprint density at radius 3 is 1.81 bits per heavy atom. The maximum atomic E-state index is 13.7. The number of nitrogens with one attached hydrogen (secondary N) is 2. The van der Waals surface area contributed by atoms with Crippen LogP contribution in [0.5, 0.6) is 0 Å². The quantitative estimate of drug-likeness (QED) is 0.739. The molecule has 1 aromatic carbocycles. The Labute approximate surface area is 155 Å². The fourth-order valence-corrected chi connectivity index (χ4v) is 2.44. The largest absolute Gasteiger partial charge is 0.319 e. The summed E-state index contributed by atoms with van der Waals surface area (Å²) in [7, 11) is 0. The van der Waals surface area contributed by atoms with Crippen molar-refractivity contribution in [3.8, 4) is 0 Å². The molecule has 0 aliphatic rings. The number of aryl methyl sites for hydroxylation is 2. The van der Waals surface area contributed by atoms with Gasteiger partial charge in [-0.05, 0) is 56.3 Å². The second-order valence-corrected chi connectivity index (χ2v) is 5.93. The van der Waals surface area contributed by atoms with Crippen LogP contribution in [0.3, 0.4) is 0 Å². The molecule has 0 saturated carbocycles. The van der Waals surface area contributed by atoms with Gasteiger partial charge in [0.25, 0.3) is 11.8 Å². The number of anilines is 2. The number of halogens is 1. The van der Waals surface area contributed by atoms with Crippen molar-refractivity contribution in [3.63, 3.8) is 0 Å². The first kappa shape index (κ1) is 18.2. The second kappa shape index (κ2) is 7.74. The average Bonchev–Trinajstić information content (AvgIpc) is 2.64. The Morgan fingerprint density at radius 1 is 0.778 bits per heavy atom. The van der Waals surface area contributed by atoms with Crippen LogP contribution >= 0.6 is 0 Å². The van der Waals surface area contributed by atoms with E-state index >= 15 is 0 Å². The molecule has 27 heavy (non-hydrogen) atoms. The molecule has 3 aromatic rings. The summed E-state index contributed by atoms with van der Waals surface area (Å²) in [6.07, 6.45) is 0. The Hall–Kier alpha value is -3.61. The molecular weight excluding hydrogens is 347 g/mol. The molecule has 0 bridgehead atoms. The fraction of sp³-hybridized carbons (Fsp3) is 0.100. The number of rotatable bonds is 4. The van der Waals surface area contributed by atoms with Gasteiger partial charge >= 0.3 is 0 Å². The minimum atomic E-state index is -0.547. The highest BCUT2D eigenvalue weighted by Crippen LogP contribution is 2.24. The summed E-state index contributed by atoms with van der Waals surface area (Å²) in [4.78, 5) is 33.1. The van der Waals surface area contributed by atoms with Crippen molar-refractivity contribution in [1.82, 2.24) is 9.97 Å². The Morgan fingerprint density at radius 2 is 1.30 bits per heavy atom. The first-order valence-corrected chi connectivity index (χ1v) is 8.22. The zero-order valence-electron chi connectivity index (χ0n) is 14.8. The molecule has 0 unspecified atom stereocenters. The van der Waals surface area contributed by atoms with Crippen molar-refractivity contribution in [3.05, 3.63) is 83.2 Å². The number of aromatic nitrogens is 2. The zero-order valence-corrected chi connectivity index (χ0v) is 14.8. The molecule has 7 heteroatoms. The molecule has 0 saturated heterocycles. The summed E-state index contributed by atoms with van der Waals surface area (Å²) in [5.74, 6) is -1.52. The van der Waals surface area contributed by atoms with Gasteiger partial charge in [0.15, 0.2) is 0 Å². The summed E-state index contributed by atoms with van der Waals surface area (Å²) < 4.78 is 13.7. The van der Waals surface area contributed by atoms with E-state index < -0.39 is 17.6 Å². The summed E-state index contributed by atoms with van der Waals surface area (Å²) in [6.45, 7) is 3.54. The number of hydrogen-bond donors (Lipinski definition) is 2. The van der Waals surface area contributed by atoms with Crippen molar-refractivity contribution in [2.45, 2.75) is 13.8 Å². The van der Waals surface area contributed by atoms with E-state index in [1.54, 1.807) is 50.2 Å². The number of carbonyl (C=O) groups is 2. The van der Waals surface area contributed by atoms with E-state index in [9.17, 15) is 14.0 Å². The number of nitrogens with zero attached hydrogens (tertiary/aromatic N) is 2. The van der Waals surface area contributed by atoms with Crippen LogP contribution in [0.4, 0.5) is 15.8 Å². The summed E-state index contributed by atoms with van der Waals surface area (Å²) >= 11 is 0. The summed E-state index contributed by atoms with van der Waals surface area (Å²) in [5.41, 5.74) is 2.17. The van der Waals surface area contributed by atoms with E-state index in [0.29, 0.717) is 11.4 Å². The molecule has 0 fully saturated rings. The van der Waals surface area contributed by atoms with Gasteiger partial charge in [-0.25, -0.2) is 14.4 Å². The number of carbonyl (C=O) groups excluding carboxylic acids is 2. The predicted octanol–water partition coefficient (Wildman–Crippen LogP) is 3.74. The lowest BCUT2D eigenvalue weighted by molar-refractivity contribution is 0.101. The van der Waals surface area contributed by atoms with Gasteiger partial charge in [-0.1, -0.05) is 12.1 Å². The van der Waals surface area contributed by atoms with Gasteiger partial charge in [-0.3, -0.25) is 9.59 Å². The minimum Gasteiger partial charge on any atom is -0.319 e. The molecule has 0 aliphatic heterocycles. The highest BCUT2D eigenvalue weighted by Gasteiger charge is 2.15. The Kier molecular flexibility index (Phi) is 5.21. The fourth-order valence-electron chi connectivity index (χ4n) is 2.44. The molecule has 0 atom stereocenters. The van der Waals surface area contributed by atoms with Crippen molar-refractivity contribution in [2.24, 2.45) is 0 Å². The van der Waals surface area contributed by atoms with Gasteiger partial charge in [0.1, 0.15) is 17.2 Å². The number of benzene rings is 1. The molecule has 2 N–H and O–H groups in total. The number of amides is 2. The Bertz CT molecular complexity index is 1020. The van der Waals surface area contributed by atoms with E-state index in [4.69, 9.17) is 0 Å². The third-order valence-electron chi connectivity index (χ3n) is 3.72. The normalized spacial score (nSPS) is 10.3. The van der Waals surface area contributed by atoms with Crippen LogP contribution in [0.15, 0.2) is 54.6 Å². The summed E-state index contributed by atoms with van der Waals surface area (Å²) in [5, 5.41) is 5.23. The van der Waals surface area contributed by atoms with Crippen LogP contribution in [0.2, 0.25) is 0 Å². The molecule has 0 spiro atoms. The molecule has 2 amide bonds. The van der Waals surface area contributed by atoms with E-state index in [0.717, 1.165) is 6.07 Å². The van der Waals surface area contributed by atoms with Crippen LogP contribution in [0.1, 0.15) is 32.4 Å². The molecule has 0 radical (unpaired) electrons. The maximum Gasteiger partial charge on any atom is 0.274 e. The highest BCUT2D eigenvalue weighted by molar-refractivity contribution is 6.08. The number of hydrogen-bond acceptors (Lipinski definition) is 4.